The van der Waals surface area contributed by atoms with E-state index in [1.165, 1.54) is 6.07 Å². The molecule has 0 atom stereocenters. The van der Waals surface area contributed by atoms with Gasteiger partial charge in [-0.05, 0) is 25.1 Å². The van der Waals surface area contributed by atoms with Gasteiger partial charge in [-0.25, -0.2) is 0 Å². The summed E-state index contributed by atoms with van der Waals surface area (Å²) in [5.41, 5.74) is 0.169. The summed E-state index contributed by atoms with van der Waals surface area (Å²) in [6.07, 6.45) is 0.210. The molecule has 0 spiro atoms. The number of aromatic nitrogens is 1. The van der Waals surface area contributed by atoms with Gasteiger partial charge in [0.25, 0.3) is 0 Å². The molecule has 2 rings (SSSR count). The normalized spacial score (nSPS) is 9.58. The molecular formula is C14H7F2IrN2-. The van der Waals surface area contributed by atoms with Gasteiger partial charge in [0, 0.05) is 31.4 Å². The number of hydrogen-bond donors (Lipinski definition) is 0. The Labute approximate surface area is 123 Å². The van der Waals surface area contributed by atoms with Crippen LogP contribution in [0.25, 0.3) is 11.3 Å². The minimum atomic E-state index is -0.959. The van der Waals surface area contributed by atoms with Crippen LogP contribution in [0, 0.1) is 36.0 Å². The third-order valence-electron chi connectivity index (χ3n) is 2.40. The molecule has 0 fully saturated rings. The second-order valence-electron chi connectivity index (χ2n) is 3.53. The quantitative estimate of drug-likeness (QED) is 0.683. The molecule has 3 radical (unpaired) electrons. The molecule has 2 nitrogen and oxygen atoms in total. The van der Waals surface area contributed by atoms with Gasteiger partial charge in [0.05, 0.1) is 17.7 Å². The number of nitrogens with zero attached hydrogens (tertiary/aromatic N) is 2. The van der Waals surface area contributed by atoms with Crippen molar-refractivity contribution in [3.63, 3.8) is 0 Å². The van der Waals surface area contributed by atoms with Crippen LogP contribution in [0.3, 0.4) is 0 Å². The van der Waals surface area contributed by atoms with E-state index in [-0.39, 0.29) is 37.8 Å². The third-order valence-corrected chi connectivity index (χ3v) is 2.40. The fourth-order valence-electron chi connectivity index (χ4n) is 1.52. The van der Waals surface area contributed by atoms with Gasteiger partial charge in [-0.3, -0.25) is 8.78 Å². The van der Waals surface area contributed by atoms with Crippen molar-refractivity contribution in [2.75, 3.05) is 0 Å². The van der Waals surface area contributed by atoms with Crippen molar-refractivity contribution < 1.29 is 28.9 Å². The molecule has 0 unspecified atom stereocenters. The number of nitriles is 1. The molecule has 1 heterocycles. The first-order valence-corrected chi connectivity index (χ1v) is 5.13. The summed E-state index contributed by atoms with van der Waals surface area (Å²) in [6.45, 7) is 5.44. The Kier molecular flexibility index (Phi) is 5.29. The molecule has 2 aromatic rings. The van der Waals surface area contributed by atoms with Crippen molar-refractivity contribution >= 4 is 0 Å². The van der Waals surface area contributed by atoms with Crippen LogP contribution in [0.2, 0.25) is 0 Å². The van der Waals surface area contributed by atoms with E-state index in [0.29, 0.717) is 5.69 Å². The molecule has 0 aliphatic rings. The Balaban J connectivity index is 0.00000180. The first-order chi connectivity index (χ1) is 8.67. The summed E-state index contributed by atoms with van der Waals surface area (Å²) in [5, 5.41) is 8.69. The fourth-order valence-corrected chi connectivity index (χ4v) is 1.52. The predicted octanol–water partition coefficient (Wildman–Crippen LogP) is 2.95. The monoisotopic (exact) mass is 434 g/mol. The van der Waals surface area contributed by atoms with Crippen LogP contribution in [0.5, 0.6) is 0 Å². The molecule has 0 bridgehead atoms. The van der Waals surface area contributed by atoms with Crippen molar-refractivity contribution in [1.82, 2.24) is 4.98 Å². The first-order valence-electron chi connectivity index (χ1n) is 5.13. The summed E-state index contributed by atoms with van der Waals surface area (Å²) in [6, 6.07) is 9.75. The van der Waals surface area contributed by atoms with Gasteiger partial charge in [-0.15, -0.1) is 12.1 Å². The topological polar surface area (TPSA) is 36.7 Å². The van der Waals surface area contributed by atoms with Gasteiger partial charge in [0.15, 0.2) is 0 Å². The Morgan fingerprint density at radius 2 is 2.11 bits per heavy atom. The molecule has 1 aromatic heterocycles. The number of hydrogen-bond acceptors (Lipinski definition) is 2. The van der Waals surface area contributed by atoms with Crippen LogP contribution < -0.4 is 0 Å². The zero-order valence-corrected chi connectivity index (χ0v) is 12.0. The minimum absolute atomic E-state index is 0. The van der Waals surface area contributed by atoms with E-state index in [9.17, 15) is 8.78 Å². The van der Waals surface area contributed by atoms with Gasteiger partial charge in [-0.1, -0.05) is 17.7 Å². The number of benzene rings is 1. The summed E-state index contributed by atoms with van der Waals surface area (Å²) in [4.78, 5) is 4.10. The van der Waals surface area contributed by atoms with Crippen LogP contribution in [0.4, 0.5) is 8.78 Å². The van der Waals surface area contributed by atoms with Crippen LogP contribution >= 0.6 is 0 Å². The van der Waals surface area contributed by atoms with Gasteiger partial charge in [-0.2, -0.15) is 5.26 Å². The summed E-state index contributed by atoms with van der Waals surface area (Å²) in [7, 11) is 0. The van der Waals surface area contributed by atoms with Crippen LogP contribution in [0.15, 0.2) is 24.3 Å². The molecule has 0 N–H and O–H groups in total. The second kappa shape index (κ2) is 6.51. The van der Waals surface area contributed by atoms with E-state index in [1.807, 2.05) is 0 Å². The summed E-state index contributed by atoms with van der Waals surface area (Å²) >= 11 is 0. The third kappa shape index (κ3) is 3.04. The smallest absolute Gasteiger partial charge is 0.0848 e. The molecule has 0 aliphatic heterocycles. The molecule has 97 valence electrons. The Hall–Kier alpha value is -1.63. The molecule has 0 saturated carbocycles. The standard InChI is InChI=1S/C14H7F2N2.Ir/c1-2-9-4-3-5-13(18-9)10-6-7-12(15)11(8-17)14(10)16;/h1,3-5,7H,2H2;/q-1;. The van der Waals surface area contributed by atoms with Gasteiger partial charge >= 0.3 is 0 Å². The van der Waals surface area contributed by atoms with Crippen LogP contribution in [0.1, 0.15) is 11.3 Å². The largest absolute Gasteiger partial charge is 0.301 e. The zero-order chi connectivity index (χ0) is 13.1. The zero-order valence-electron chi connectivity index (χ0n) is 9.58. The minimum Gasteiger partial charge on any atom is -0.301 e. The Morgan fingerprint density at radius 3 is 2.74 bits per heavy atom. The van der Waals surface area contributed by atoms with Crippen molar-refractivity contribution in [3.8, 4) is 17.3 Å². The van der Waals surface area contributed by atoms with E-state index in [4.69, 9.17) is 12.2 Å². The fraction of sp³-hybridized carbons (Fsp3) is 0.0714. The molecule has 19 heavy (non-hydrogen) atoms. The van der Waals surface area contributed by atoms with Crippen molar-refractivity contribution in [1.29, 1.82) is 5.26 Å². The summed E-state index contributed by atoms with van der Waals surface area (Å²) < 4.78 is 27.0. The van der Waals surface area contributed by atoms with Crippen molar-refractivity contribution in [2.45, 2.75) is 6.42 Å². The number of pyridine rings is 1. The Morgan fingerprint density at radius 1 is 1.37 bits per heavy atom. The van der Waals surface area contributed by atoms with Crippen molar-refractivity contribution in [3.05, 3.63) is 60.1 Å². The van der Waals surface area contributed by atoms with E-state index in [0.717, 1.165) is 6.07 Å². The van der Waals surface area contributed by atoms with E-state index >= 15 is 0 Å². The number of halogens is 2. The molecule has 0 aliphatic carbocycles. The SMILES string of the molecule is [CH]Cc1cccc(-c2[c-]cc(F)c(C#N)c2F)n1.[Ir]. The average Bonchev–Trinajstić information content (AvgIpc) is 2.39. The maximum atomic E-state index is 13.9. The summed E-state index contributed by atoms with van der Waals surface area (Å²) in [5.74, 6) is -1.90. The maximum absolute atomic E-state index is 13.9. The van der Waals surface area contributed by atoms with Crippen LogP contribution in [-0.4, -0.2) is 4.98 Å². The number of rotatable bonds is 2. The van der Waals surface area contributed by atoms with Gasteiger partial charge in [0.2, 0.25) is 0 Å². The van der Waals surface area contributed by atoms with Crippen LogP contribution in [-0.2, 0) is 26.5 Å². The molecule has 0 saturated heterocycles. The predicted molar refractivity (Wildman–Crippen MR) is 61.1 cm³/mol. The maximum Gasteiger partial charge on any atom is 0.0848 e. The van der Waals surface area contributed by atoms with E-state index < -0.39 is 17.2 Å². The molecule has 0 amide bonds. The molecule has 5 heteroatoms. The molecule has 1 aromatic carbocycles. The van der Waals surface area contributed by atoms with E-state index in [1.54, 1.807) is 18.2 Å². The average molecular weight is 433 g/mol. The van der Waals surface area contributed by atoms with Crippen molar-refractivity contribution in [2.24, 2.45) is 0 Å². The van der Waals surface area contributed by atoms with Gasteiger partial charge < -0.3 is 4.98 Å². The van der Waals surface area contributed by atoms with Gasteiger partial charge in [0.1, 0.15) is 0 Å². The Bertz CT molecular complexity index is 636. The molecular weight excluding hydrogens is 426 g/mol. The second-order valence-corrected chi connectivity index (χ2v) is 3.53. The van der Waals surface area contributed by atoms with E-state index in [2.05, 4.69) is 11.1 Å². The first kappa shape index (κ1) is 15.4.